The van der Waals surface area contributed by atoms with Crippen molar-refractivity contribution in [3.8, 4) is 0 Å². The summed E-state index contributed by atoms with van der Waals surface area (Å²) in [6.07, 6.45) is 11.7. The monoisotopic (exact) mass is 384 g/mol. The van der Waals surface area contributed by atoms with Gasteiger partial charge in [0.05, 0.1) is 6.10 Å². The highest BCUT2D eigenvalue weighted by Crippen LogP contribution is 2.65. The largest absolute Gasteiger partial charge is 0.388 e. The van der Waals surface area contributed by atoms with Crippen LogP contribution >= 0.6 is 0 Å². The molecule has 0 spiro atoms. The van der Waals surface area contributed by atoms with Gasteiger partial charge in [0.15, 0.2) is 0 Å². The average molecular weight is 385 g/mol. The van der Waals surface area contributed by atoms with Crippen LogP contribution in [0.2, 0.25) is 0 Å². The Morgan fingerprint density at radius 3 is 2.64 bits per heavy atom. The van der Waals surface area contributed by atoms with Gasteiger partial charge in [-0.1, -0.05) is 25.5 Å². The second-order valence-electron chi connectivity index (χ2n) is 10.6. The summed E-state index contributed by atoms with van der Waals surface area (Å²) in [5.41, 5.74) is 3.06. The standard InChI is InChI=1S/C24H36N2O2/c1-23-11-7-21(27)26(3)20(23)5-4-16-18(23)6-10-24(2)19(16)14-17(22(24)28)15-8-12-25-13-9-15/h7,11,16,18-20,22,25,28H,4-6,8-10,12-14H2,1-3H3/t16-,18+,19+,20-,22+,23-,24+/m1/s1. The summed E-state index contributed by atoms with van der Waals surface area (Å²) in [5, 5.41) is 14.9. The maximum Gasteiger partial charge on any atom is 0.246 e. The molecule has 0 aromatic rings. The Morgan fingerprint density at radius 1 is 1.14 bits per heavy atom. The lowest BCUT2D eigenvalue weighted by Crippen LogP contribution is -2.59. The van der Waals surface area contributed by atoms with Crippen molar-refractivity contribution in [1.29, 1.82) is 0 Å². The van der Waals surface area contributed by atoms with Crippen LogP contribution in [0.25, 0.3) is 0 Å². The van der Waals surface area contributed by atoms with E-state index in [0.29, 0.717) is 23.8 Å². The molecule has 0 unspecified atom stereocenters. The molecular formula is C24H36N2O2. The molecule has 5 rings (SSSR count). The molecule has 0 aromatic heterocycles. The molecule has 0 bridgehead atoms. The normalized spacial score (nSPS) is 48.4. The minimum atomic E-state index is -0.247. The first-order valence-corrected chi connectivity index (χ1v) is 11.4. The number of amides is 1. The van der Waals surface area contributed by atoms with Crippen molar-refractivity contribution in [2.45, 2.75) is 70.9 Å². The van der Waals surface area contributed by atoms with Crippen molar-refractivity contribution >= 4 is 5.91 Å². The Kier molecular flexibility index (Phi) is 4.34. The lowest BCUT2D eigenvalue weighted by atomic mass is 9.48. The van der Waals surface area contributed by atoms with Crippen molar-refractivity contribution in [2.24, 2.45) is 28.6 Å². The van der Waals surface area contributed by atoms with E-state index in [2.05, 4.69) is 25.2 Å². The SMILES string of the molecule is CN1C(=O)C=C[C@]2(C)[C@H]3CC[C@]4(C)[C@@H](O)C(=C5CCNCC5)C[C@H]4[C@@H]3CC[C@@H]12. The molecule has 5 aliphatic rings. The predicted molar refractivity (Wildman–Crippen MR) is 111 cm³/mol. The molecule has 4 nitrogen and oxygen atoms in total. The van der Waals surface area contributed by atoms with Crippen LogP contribution in [0.3, 0.4) is 0 Å². The van der Waals surface area contributed by atoms with Crippen LogP contribution in [-0.4, -0.2) is 48.2 Å². The summed E-state index contributed by atoms with van der Waals surface area (Å²) in [6.45, 7) is 6.88. The Balaban J connectivity index is 1.49. The maximum absolute atomic E-state index is 12.2. The van der Waals surface area contributed by atoms with E-state index in [1.807, 2.05) is 18.0 Å². The second kappa shape index (κ2) is 6.43. The van der Waals surface area contributed by atoms with Gasteiger partial charge in [0.25, 0.3) is 0 Å². The summed E-state index contributed by atoms with van der Waals surface area (Å²) >= 11 is 0. The van der Waals surface area contributed by atoms with E-state index in [9.17, 15) is 9.90 Å². The van der Waals surface area contributed by atoms with E-state index in [0.717, 1.165) is 45.2 Å². The molecule has 1 amide bonds. The third-order valence-electron chi connectivity index (χ3n) is 9.62. The zero-order chi connectivity index (χ0) is 19.7. The zero-order valence-electron chi connectivity index (χ0n) is 17.7. The molecule has 1 saturated heterocycles. The predicted octanol–water partition coefficient (Wildman–Crippen LogP) is 3.28. The number of aliphatic hydroxyl groups is 1. The molecule has 28 heavy (non-hydrogen) atoms. The van der Waals surface area contributed by atoms with Crippen molar-refractivity contribution < 1.29 is 9.90 Å². The van der Waals surface area contributed by atoms with E-state index < -0.39 is 0 Å². The molecule has 2 heterocycles. The summed E-state index contributed by atoms with van der Waals surface area (Å²) in [6, 6.07) is 0.337. The van der Waals surface area contributed by atoms with Gasteiger partial charge in [-0.15, -0.1) is 0 Å². The Morgan fingerprint density at radius 2 is 1.89 bits per heavy atom. The van der Waals surface area contributed by atoms with Crippen molar-refractivity contribution in [1.82, 2.24) is 10.2 Å². The minimum absolute atomic E-state index is 0.0394. The van der Waals surface area contributed by atoms with E-state index in [1.54, 1.807) is 5.57 Å². The lowest BCUT2D eigenvalue weighted by molar-refractivity contribution is -0.140. The van der Waals surface area contributed by atoms with Gasteiger partial charge < -0.3 is 15.3 Å². The topological polar surface area (TPSA) is 52.6 Å². The lowest BCUT2D eigenvalue weighted by Gasteiger charge is -2.59. The average Bonchev–Trinajstić information content (AvgIpc) is 2.97. The maximum atomic E-state index is 12.2. The summed E-state index contributed by atoms with van der Waals surface area (Å²) < 4.78 is 0. The number of rotatable bonds is 0. The summed E-state index contributed by atoms with van der Waals surface area (Å²) in [4.78, 5) is 14.2. The third-order valence-corrected chi connectivity index (χ3v) is 9.62. The fourth-order valence-electron chi connectivity index (χ4n) is 7.94. The van der Waals surface area contributed by atoms with Gasteiger partial charge in [-0.3, -0.25) is 4.79 Å². The number of aliphatic hydroxyl groups excluding tert-OH is 1. The molecule has 4 fully saturated rings. The van der Waals surface area contributed by atoms with Gasteiger partial charge in [-0.25, -0.2) is 0 Å². The highest BCUT2D eigenvalue weighted by atomic mass is 16.3. The van der Waals surface area contributed by atoms with Crippen LogP contribution in [0.1, 0.15) is 58.8 Å². The summed E-state index contributed by atoms with van der Waals surface area (Å²) in [7, 11) is 1.99. The summed E-state index contributed by atoms with van der Waals surface area (Å²) in [5.74, 6) is 2.05. The number of hydrogen-bond acceptors (Lipinski definition) is 3. The number of carbonyl (C=O) groups excluding carboxylic acids is 1. The number of likely N-dealkylation sites (N-methyl/N-ethyl adjacent to an activating group) is 1. The van der Waals surface area contributed by atoms with Gasteiger partial charge >= 0.3 is 0 Å². The quantitative estimate of drug-likeness (QED) is 0.630. The smallest absolute Gasteiger partial charge is 0.246 e. The van der Waals surface area contributed by atoms with Crippen molar-refractivity contribution in [2.75, 3.05) is 20.1 Å². The molecule has 154 valence electrons. The van der Waals surface area contributed by atoms with Crippen LogP contribution < -0.4 is 5.32 Å². The second-order valence-corrected chi connectivity index (χ2v) is 10.6. The molecule has 2 N–H and O–H groups in total. The molecule has 4 heteroatoms. The highest BCUT2D eigenvalue weighted by Gasteiger charge is 2.61. The van der Waals surface area contributed by atoms with E-state index in [1.165, 1.54) is 18.4 Å². The molecule has 3 aliphatic carbocycles. The van der Waals surface area contributed by atoms with Crippen LogP contribution in [0.4, 0.5) is 0 Å². The fraction of sp³-hybridized carbons (Fsp3) is 0.792. The van der Waals surface area contributed by atoms with Gasteiger partial charge in [0.2, 0.25) is 5.91 Å². The first-order valence-electron chi connectivity index (χ1n) is 11.4. The first-order chi connectivity index (χ1) is 13.4. The van der Waals surface area contributed by atoms with E-state index >= 15 is 0 Å². The van der Waals surface area contributed by atoms with Gasteiger partial charge in [-0.2, -0.15) is 0 Å². The van der Waals surface area contributed by atoms with Crippen molar-refractivity contribution in [3.63, 3.8) is 0 Å². The third kappa shape index (κ3) is 2.46. The number of hydrogen-bond donors (Lipinski definition) is 2. The highest BCUT2D eigenvalue weighted by molar-refractivity contribution is 5.89. The molecule has 2 aliphatic heterocycles. The molecule has 7 atom stereocenters. The van der Waals surface area contributed by atoms with Crippen LogP contribution in [0.15, 0.2) is 23.3 Å². The van der Waals surface area contributed by atoms with Crippen LogP contribution in [0.5, 0.6) is 0 Å². The fourth-order valence-corrected chi connectivity index (χ4v) is 7.94. The Labute approximate surface area is 169 Å². The number of carbonyl (C=O) groups is 1. The number of nitrogens with one attached hydrogen (secondary N) is 1. The van der Waals surface area contributed by atoms with Gasteiger partial charge in [-0.05, 0) is 87.4 Å². The van der Waals surface area contributed by atoms with E-state index in [-0.39, 0.29) is 22.8 Å². The van der Waals surface area contributed by atoms with Crippen LogP contribution in [-0.2, 0) is 4.79 Å². The number of piperidine rings is 1. The van der Waals surface area contributed by atoms with Gasteiger partial charge in [0, 0.05) is 23.9 Å². The number of nitrogens with zero attached hydrogens (tertiary/aromatic N) is 1. The molecular weight excluding hydrogens is 348 g/mol. The first kappa shape index (κ1) is 18.9. The number of fused-ring (bicyclic) bond motifs is 5. The van der Waals surface area contributed by atoms with Crippen LogP contribution in [0, 0.1) is 28.6 Å². The molecule has 0 aromatic carbocycles. The van der Waals surface area contributed by atoms with Crippen molar-refractivity contribution in [3.05, 3.63) is 23.3 Å². The molecule has 0 radical (unpaired) electrons. The Hall–Kier alpha value is -1.13. The van der Waals surface area contributed by atoms with Gasteiger partial charge in [0.1, 0.15) is 0 Å². The minimum Gasteiger partial charge on any atom is -0.388 e. The van der Waals surface area contributed by atoms with E-state index in [4.69, 9.17) is 0 Å². The zero-order valence-corrected chi connectivity index (χ0v) is 17.7. The Bertz CT molecular complexity index is 735. The molecule has 3 saturated carbocycles.